The number of fused-ring (bicyclic) bond motifs is 5. The van der Waals surface area contributed by atoms with Crippen molar-refractivity contribution in [3.05, 3.63) is 42.5 Å². The Morgan fingerprint density at radius 2 is 1.64 bits per heavy atom. The Morgan fingerprint density at radius 1 is 1.05 bits per heavy atom. The molecule has 112 valence electrons. The smallest absolute Gasteiger partial charge is 0.311 e. The third kappa shape index (κ3) is 1.83. The van der Waals surface area contributed by atoms with Gasteiger partial charge in [-0.2, -0.15) is 0 Å². The van der Waals surface area contributed by atoms with E-state index >= 15 is 0 Å². The number of carbonyl (C=O) groups is 3. The molecule has 3 amide bonds. The van der Waals surface area contributed by atoms with E-state index in [4.69, 9.17) is 4.84 Å². The standard InChI is InChI=1S/C16H14N2O4/c19-14-12-9-6-7-10(8-9)13(12)15(20)18(14)22-16(21)17-11-4-2-1-3-5-11/h1-7,9-10,12-13H,8H2,(H,17,21)/t9-,10-,12+,13+/m0/s1. The molecule has 1 aliphatic heterocycles. The lowest BCUT2D eigenvalue weighted by atomic mass is 9.85. The third-order valence-corrected chi connectivity index (χ3v) is 4.62. The van der Waals surface area contributed by atoms with Gasteiger partial charge in [-0.3, -0.25) is 14.9 Å². The SMILES string of the molecule is O=C(Nc1ccccc1)ON1C(=O)[C@H]2[C@H](C1=O)[C@H]1C=C[C@H]2C1. The van der Waals surface area contributed by atoms with Crippen molar-refractivity contribution in [3.63, 3.8) is 0 Å². The van der Waals surface area contributed by atoms with Crippen LogP contribution in [-0.4, -0.2) is 23.0 Å². The number of hydrogen-bond donors (Lipinski definition) is 1. The average Bonchev–Trinajstić information content (AvgIpc) is 3.18. The minimum Gasteiger partial charge on any atom is -0.311 e. The van der Waals surface area contributed by atoms with Crippen LogP contribution in [0.2, 0.25) is 0 Å². The maximum Gasteiger partial charge on any atom is 0.436 e. The lowest BCUT2D eigenvalue weighted by Crippen LogP contribution is -2.36. The van der Waals surface area contributed by atoms with Crippen LogP contribution in [0.3, 0.4) is 0 Å². The minimum absolute atomic E-state index is 0.0947. The normalized spacial score (nSPS) is 31.5. The van der Waals surface area contributed by atoms with E-state index in [9.17, 15) is 14.4 Å². The number of amides is 3. The number of anilines is 1. The molecular formula is C16H14N2O4. The van der Waals surface area contributed by atoms with Gasteiger partial charge in [0.1, 0.15) is 0 Å². The first-order valence-electron chi connectivity index (χ1n) is 7.25. The summed E-state index contributed by atoms with van der Waals surface area (Å²) in [5.74, 6) is -1.36. The van der Waals surface area contributed by atoms with Crippen molar-refractivity contribution < 1.29 is 19.2 Å². The lowest BCUT2D eigenvalue weighted by molar-refractivity contribution is -0.173. The number of para-hydroxylation sites is 1. The van der Waals surface area contributed by atoms with Gasteiger partial charge in [-0.1, -0.05) is 30.4 Å². The molecule has 1 saturated heterocycles. The van der Waals surface area contributed by atoms with Crippen LogP contribution < -0.4 is 5.32 Å². The monoisotopic (exact) mass is 298 g/mol. The Labute approximate surface area is 126 Å². The van der Waals surface area contributed by atoms with E-state index in [-0.39, 0.29) is 23.7 Å². The van der Waals surface area contributed by atoms with Gasteiger partial charge in [0.25, 0.3) is 11.8 Å². The average molecular weight is 298 g/mol. The first kappa shape index (κ1) is 13.1. The van der Waals surface area contributed by atoms with Crippen molar-refractivity contribution in [2.45, 2.75) is 6.42 Å². The summed E-state index contributed by atoms with van der Waals surface area (Å²) in [5.41, 5.74) is 0.536. The number of hydroxylamine groups is 2. The number of hydrogen-bond acceptors (Lipinski definition) is 4. The number of allylic oxidation sites excluding steroid dienone is 2. The zero-order valence-corrected chi connectivity index (χ0v) is 11.6. The molecule has 2 aliphatic carbocycles. The van der Waals surface area contributed by atoms with Crippen molar-refractivity contribution in [1.82, 2.24) is 5.06 Å². The molecule has 2 fully saturated rings. The highest BCUT2D eigenvalue weighted by Crippen LogP contribution is 2.52. The van der Waals surface area contributed by atoms with Crippen LogP contribution in [0.1, 0.15) is 6.42 Å². The van der Waals surface area contributed by atoms with Crippen molar-refractivity contribution in [3.8, 4) is 0 Å². The van der Waals surface area contributed by atoms with E-state index in [2.05, 4.69) is 5.32 Å². The summed E-state index contributed by atoms with van der Waals surface area (Å²) in [5, 5.41) is 3.13. The number of benzene rings is 1. The van der Waals surface area contributed by atoms with Crippen LogP contribution in [0.15, 0.2) is 42.5 Å². The predicted octanol–water partition coefficient (Wildman–Crippen LogP) is 1.96. The highest BCUT2D eigenvalue weighted by atomic mass is 16.7. The van der Waals surface area contributed by atoms with Crippen LogP contribution in [-0.2, 0) is 14.4 Å². The molecule has 1 aromatic carbocycles. The molecule has 4 atom stereocenters. The molecule has 1 N–H and O–H groups in total. The molecule has 6 nitrogen and oxygen atoms in total. The van der Waals surface area contributed by atoms with Gasteiger partial charge in [0, 0.05) is 5.69 Å². The van der Waals surface area contributed by atoms with Gasteiger partial charge < -0.3 is 4.84 Å². The molecule has 1 saturated carbocycles. The second kappa shape index (κ2) is 4.69. The van der Waals surface area contributed by atoms with Gasteiger partial charge in [0.2, 0.25) is 0 Å². The van der Waals surface area contributed by atoms with Crippen molar-refractivity contribution in [1.29, 1.82) is 0 Å². The van der Waals surface area contributed by atoms with Crippen molar-refractivity contribution in [2.24, 2.45) is 23.7 Å². The van der Waals surface area contributed by atoms with Gasteiger partial charge in [0.15, 0.2) is 0 Å². The molecule has 0 unspecified atom stereocenters. The molecule has 3 aliphatic rings. The first-order chi connectivity index (χ1) is 10.6. The maximum absolute atomic E-state index is 12.3. The Bertz CT molecular complexity index is 655. The number of imide groups is 1. The van der Waals surface area contributed by atoms with Gasteiger partial charge in [0.05, 0.1) is 11.8 Å². The summed E-state index contributed by atoms with van der Waals surface area (Å²) < 4.78 is 0. The summed E-state index contributed by atoms with van der Waals surface area (Å²) in [6.07, 6.45) is 3.99. The molecule has 1 aromatic rings. The molecular weight excluding hydrogens is 284 g/mol. The van der Waals surface area contributed by atoms with Gasteiger partial charge in [-0.05, 0) is 30.4 Å². The van der Waals surface area contributed by atoms with Crippen LogP contribution in [0.4, 0.5) is 10.5 Å². The molecule has 6 heteroatoms. The van der Waals surface area contributed by atoms with E-state index in [1.807, 2.05) is 18.2 Å². The Balaban J connectivity index is 1.47. The summed E-state index contributed by atoms with van der Waals surface area (Å²) >= 11 is 0. The molecule has 4 rings (SSSR count). The minimum atomic E-state index is -0.840. The van der Waals surface area contributed by atoms with Crippen molar-refractivity contribution >= 4 is 23.6 Å². The van der Waals surface area contributed by atoms with Gasteiger partial charge in [-0.25, -0.2) is 4.79 Å². The number of rotatable bonds is 2. The summed E-state index contributed by atoms with van der Waals surface area (Å²) in [6, 6.07) is 8.71. The zero-order valence-electron chi connectivity index (χ0n) is 11.6. The molecule has 0 aromatic heterocycles. The molecule has 22 heavy (non-hydrogen) atoms. The Morgan fingerprint density at radius 3 is 2.23 bits per heavy atom. The van der Waals surface area contributed by atoms with E-state index in [1.54, 1.807) is 24.3 Å². The second-order valence-corrected chi connectivity index (χ2v) is 5.84. The second-order valence-electron chi connectivity index (χ2n) is 5.84. The number of nitrogens with one attached hydrogen (secondary N) is 1. The first-order valence-corrected chi connectivity index (χ1v) is 7.25. The zero-order chi connectivity index (χ0) is 15.3. The molecule has 0 radical (unpaired) electrons. The number of nitrogens with zero attached hydrogens (tertiary/aromatic N) is 1. The van der Waals surface area contributed by atoms with Crippen LogP contribution in [0.5, 0.6) is 0 Å². The predicted molar refractivity (Wildman–Crippen MR) is 76.1 cm³/mol. The van der Waals surface area contributed by atoms with E-state index in [0.717, 1.165) is 6.42 Å². The fraction of sp³-hybridized carbons (Fsp3) is 0.312. The Kier molecular flexibility index (Phi) is 2.79. The highest BCUT2D eigenvalue weighted by molar-refractivity contribution is 6.06. The summed E-state index contributed by atoms with van der Waals surface area (Å²) in [6.45, 7) is 0. The molecule has 1 heterocycles. The summed E-state index contributed by atoms with van der Waals surface area (Å²) in [4.78, 5) is 41.5. The quantitative estimate of drug-likeness (QED) is 0.669. The fourth-order valence-electron chi connectivity index (χ4n) is 3.71. The van der Waals surface area contributed by atoms with E-state index in [1.165, 1.54) is 0 Å². The maximum atomic E-state index is 12.3. The fourth-order valence-corrected chi connectivity index (χ4v) is 3.71. The van der Waals surface area contributed by atoms with E-state index < -0.39 is 17.9 Å². The van der Waals surface area contributed by atoms with E-state index in [0.29, 0.717) is 10.8 Å². The molecule has 0 spiro atoms. The van der Waals surface area contributed by atoms with Crippen LogP contribution in [0.25, 0.3) is 0 Å². The summed E-state index contributed by atoms with van der Waals surface area (Å²) in [7, 11) is 0. The Hall–Kier alpha value is -2.63. The largest absolute Gasteiger partial charge is 0.436 e. The van der Waals surface area contributed by atoms with Crippen molar-refractivity contribution in [2.75, 3.05) is 5.32 Å². The van der Waals surface area contributed by atoms with Gasteiger partial charge in [-0.15, -0.1) is 5.06 Å². The highest BCUT2D eigenvalue weighted by Gasteiger charge is 2.60. The third-order valence-electron chi connectivity index (χ3n) is 4.62. The molecule has 2 bridgehead atoms. The lowest BCUT2D eigenvalue weighted by Gasteiger charge is -2.16. The van der Waals surface area contributed by atoms with Crippen LogP contribution in [0, 0.1) is 23.7 Å². The topological polar surface area (TPSA) is 75.7 Å². The van der Waals surface area contributed by atoms with Crippen LogP contribution >= 0.6 is 0 Å². The van der Waals surface area contributed by atoms with Gasteiger partial charge >= 0.3 is 6.09 Å². The number of carbonyl (C=O) groups excluding carboxylic acids is 3.